The third-order valence-corrected chi connectivity index (χ3v) is 8.01. The minimum atomic E-state index is -1.10. The number of hydrogen-bond acceptors (Lipinski definition) is 18. The van der Waals surface area contributed by atoms with Crippen LogP contribution in [0.2, 0.25) is 0 Å². The van der Waals surface area contributed by atoms with Crippen molar-refractivity contribution in [3.8, 4) is 0 Å². The lowest BCUT2D eigenvalue weighted by Gasteiger charge is -2.32. The first-order valence-electron chi connectivity index (χ1n) is 17.8. The largest absolute Gasteiger partial charge is 0.491 e. The van der Waals surface area contributed by atoms with Gasteiger partial charge in [-0.3, -0.25) is 38.2 Å². The summed E-state index contributed by atoms with van der Waals surface area (Å²) >= 11 is 0. The molecular formula is C37H46N6O16. The summed E-state index contributed by atoms with van der Waals surface area (Å²) in [6.07, 6.45) is -2.65. The number of carboxylic acid groups (broad SMARTS) is 1. The van der Waals surface area contributed by atoms with Crippen LogP contribution in [-0.2, 0) is 66.7 Å². The van der Waals surface area contributed by atoms with Crippen LogP contribution in [0.5, 0.6) is 0 Å². The maximum Gasteiger partial charge on any atom is 0.351 e. The normalized spacial score (nSPS) is 24.2. The van der Waals surface area contributed by atoms with Crippen molar-refractivity contribution in [3.05, 3.63) is 65.5 Å². The molecule has 0 saturated carbocycles. The predicted octanol–water partition coefficient (Wildman–Crippen LogP) is 0.834. The highest BCUT2D eigenvalue weighted by atomic mass is 16.6. The minimum absolute atomic E-state index is 0.0714. The maximum absolute atomic E-state index is 12.5. The van der Waals surface area contributed by atoms with Crippen molar-refractivity contribution in [1.82, 2.24) is 19.8 Å². The molecule has 0 aromatic carbocycles. The zero-order chi connectivity index (χ0) is 44.1. The van der Waals surface area contributed by atoms with Gasteiger partial charge in [0, 0.05) is 52.9 Å². The van der Waals surface area contributed by atoms with Crippen LogP contribution in [0.25, 0.3) is 0 Å². The summed E-state index contributed by atoms with van der Waals surface area (Å²) < 4.78 is 39.7. The van der Waals surface area contributed by atoms with Gasteiger partial charge in [-0.25, -0.2) is 14.6 Å². The number of carbonyl (C=O) groups is 6. The number of aliphatic carboxylic acids is 1. The Morgan fingerprint density at radius 1 is 0.814 bits per heavy atom. The molecule has 1 aromatic rings. The summed E-state index contributed by atoms with van der Waals surface area (Å²) in [5.41, 5.74) is -0.730. The Bertz CT molecular complexity index is 1990. The number of hydrogen-bond donors (Lipinski definition) is 3. The van der Waals surface area contributed by atoms with Gasteiger partial charge in [-0.2, -0.15) is 4.98 Å². The highest BCUT2D eigenvalue weighted by molar-refractivity contribution is 6.04. The van der Waals surface area contributed by atoms with Crippen molar-refractivity contribution in [2.75, 3.05) is 18.5 Å². The standard InChI is InChI=1S/C19H23N3O8.C18H23N3O8/c1-10(2)29-18-13(7-17(26)27)14(9-28-12(4)25)30-19(18)22-6-5-15(20-11(3)24)21-16(22)8-23;1-9(2)27-16-15(28-12(5)24)13(8-26-11(4)23)29-17(16)21-7-6-14(19-10(3)22)20-18(21)25/h5-6,13-14,18-19H,1,7,9H2,2-4H3,(H,26,27)(H,20,21,24);6-7,13,15-17H,1,8H2,2-5H3,(H,19,20,22,25)/t13-,14+,18-,19-;13-,15-,16-,17-/m11/s1. The van der Waals surface area contributed by atoms with E-state index in [1.807, 2.05) is 0 Å². The number of aromatic nitrogens is 2. The maximum atomic E-state index is 12.5. The molecule has 0 spiro atoms. The number of esters is 3. The lowest BCUT2D eigenvalue weighted by atomic mass is 9.94. The average Bonchev–Trinajstić information content (AvgIpc) is 3.61. The first kappa shape index (κ1) is 46.7. The highest BCUT2D eigenvalue weighted by Gasteiger charge is 2.52. The molecule has 2 amide bonds. The number of nitrogens with zero attached hydrogens (tertiary/aromatic N) is 4. The Labute approximate surface area is 337 Å². The van der Waals surface area contributed by atoms with E-state index in [2.05, 4.69) is 33.8 Å². The molecule has 320 valence electrons. The molecule has 0 unspecified atom stereocenters. The second-order valence-corrected chi connectivity index (χ2v) is 13.2. The molecule has 2 saturated heterocycles. The van der Waals surface area contributed by atoms with Gasteiger partial charge in [0.25, 0.3) is 0 Å². The zero-order valence-electron chi connectivity index (χ0n) is 33.3. The number of nitrogens with one attached hydrogen (secondary N) is 2. The van der Waals surface area contributed by atoms with E-state index in [4.69, 9.17) is 33.2 Å². The van der Waals surface area contributed by atoms with Crippen LogP contribution < -0.4 is 16.3 Å². The highest BCUT2D eigenvalue weighted by Crippen LogP contribution is 2.38. The molecule has 8 atom stereocenters. The van der Waals surface area contributed by atoms with Crippen molar-refractivity contribution in [2.24, 2.45) is 10.9 Å². The topological polar surface area (TPSA) is 279 Å². The van der Waals surface area contributed by atoms with Gasteiger partial charge < -0.3 is 48.9 Å². The summed E-state index contributed by atoms with van der Waals surface area (Å²) in [5.74, 6) is -2.01. The third-order valence-electron chi connectivity index (χ3n) is 8.01. The Balaban J connectivity index is 0.000000316. The van der Waals surface area contributed by atoms with E-state index in [0.29, 0.717) is 11.5 Å². The third kappa shape index (κ3) is 13.8. The number of carbonyl (C=O) groups excluding carboxylic acids is 6. The number of carboxylic acids is 1. The number of rotatable bonds is 14. The van der Waals surface area contributed by atoms with E-state index < -0.39 is 78.5 Å². The summed E-state index contributed by atoms with van der Waals surface area (Å²) in [5, 5.41) is 14.2. The molecule has 59 heavy (non-hydrogen) atoms. The number of aliphatic imine (C=N–C) groups is 1. The van der Waals surface area contributed by atoms with E-state index in [1.54, 1.807) is 19.8 Å². The second-order valence-electron chi connectivity index (χ2n) is 13.2. The van der Waals surface area contributed by atoms with Crippen molar-refractivity contribution in [3.63, 3.8) is 0 Å². The van der Waals surface area contributed by atoms with Gasteiger partial charge in [0.2, 0.25) is 17.6 Å². The monoisotopic (exact) mass is 830 g/mol. The smallest absolute Gasteiger partial charge is 0.351 e. The van der Waals surface area contributed by atoms with Gasteiger partial charge in [-0.15, -0.1) is 0 Å². The van der Waals surface area contributed by atoms with Crippen LogP contribution in [0.4, 0.5) is 5.82 Å². The Hall–Kier alpha value is -6.64. The molecule has 1 aromatic heterocycles. The number of anilines is 1. The van der Waals surface area contributed by atoms with Gasteiger partial charge in [-0.05, 0) is 26.0 Å². The average molecular weight is 831 g/mol. The van der Waals surface area contributed by atoms with Gasteiger partial charge in [0.15, 0.2) is 30.6 Å². The van der Waals surface area contributed by atoms with Crippen LogP contribution in [0.1, 0.15) is 61.1 Å². The number of ether oxygens (including phenoxy) is 7. The Kier molecular flexibility index (Phi) is 16.8. The summed E-state index contributed by atoms with van der Waals surface area (Å²) in [6.45, 7) is 16.4. The molecule has 22 heteroatoms. The van der Waals surface area contributed by atoms with Crippen molar-refractivity contribution >= 4 is 53.3 Å². The molecule has 4 heterocycles. The Morgan fingerprint density at radius 3 is 1.90 bits per heavy atom. The molecule has 0 radical (unpaired) electrons. The molecule has 3 aliphatic rings. The van der Waals surface area contributed by atoms with E-state index in [-0.39, 0.29) is 48.9 Å². The van der Waals surface area contributed by atoms with Crippen LogP contribution >= 0.6 is 0 Å². The fraction of sp³-hybridized carbons (Fsp3) is 0.486. The summed E-state index contributed by atoms with van der Waals surface area (Å²) in [6, 6.07) is 1.41. The van der Waals surface area contributed by atoms with Gasteiger partial charge in [0.1, 0.15) is 43.2 Å². The first-order chi connectivity index (χ1) is 27.7. The lowest BCUT2D eigenvalue weighted by Crippen LogP contribution is -2.43. The minimum Gasteiger partial charge on any atom is -0.491 e. The van der Waals surface area contributed by atoms with Crippen molar-refractivity contribution in [1.29, 1.82) is 0 Å². The predicted molar refractivity (Wildman–Crippen MR) is 201 cm³/mol. The summed E-state index contributed by atoms with van der Waals surface area (Å²) in [4.78, 5) is 101. The molecule has 22 nitrogen and oxygen atoms in total. The van der Waals surface area contributed by atoms with E-state index >= 15 is 0 Å². The molecule has 3 aliphatic heterocycles. The quantitative estimate of drug-likeness (QED) is 0.101. The number of amidine groups is 1. The zero-order valence-corrected chi connectivity index (χ0v) is 33.3. The van der Waals surface area contributed by atoms with Gasteiger partial charge in [-0.1, -0.05) is 13.2 Å². The number of amides is 2. The first-order valence-corrected chi connectivity index (χ1v) is 17.8. The van der Waals surface area contributed by atoms with E-state index in [1.165, 1.54) is 64.1 Å². The van der Waals surface area contributed by atoms with Crippen molar-refractivity contribution < 1.29 is 71.8 Å². The van der Waals surface area contributed by atoms with Crippen LogP contribution in [0.15, 0.2) is 64.8 Å². The van der Waals surface area contributed by atoms with Gasteiger partial charge >= 0.3 is 29.6 Å². The van der Waals surface area contributed by atoms with Crippen LogP contribution in [0, 0.1) is 5.92 Å². The fourth-order valence-corrected chi connectivity index (χ4v) is 5.97. The number of allylic oxidation sites excluding steroid dienone is 2. The fourth-order valence-electron chi connectivity index (χ4n) is 5.97. The van der Waals surface area contributed by atoms with Crippen LogP contribution in [-0.4, -0.2) is 117 Å². The molecule has 4 rings (SSSR count). The summed E-state index contributed by atoms with van der Waals surface area (Å²) in [7, 11) is 0. The van der Waals surface area contributed by atoms with E-state index in [0.717, 1.165) is 4.57 Å². The SMILES string of the molecule is C=C(C)O[C@@H]1[C@H](CC(=O)O)[C@H](COC(C)=O)O[C@H]1N1C=CC(NC(C)=O)=NC1=C=O.C=C(C)O[C@@H]1[C@H](OC(C)=O)[C@@H](COC(C)=O)O[C@H]1n1ccc(NC(C)=O)nc1=O. The Morgan fingerprint density at radius 2 is 1.39 bits per heavy atom. The lowest BCUT2D eigenvalue weighted by molar-refractivity contribution is -0.158. The molecule has 0 aliphatic carbocycles. The second kappa shape index (κ2) is 21.2. The van der Waals surface area contributed by atoms with Crippen LogP contribution in [0.3, 0.4) is 0 Å². The molecular weight excluding hydrogens is 784 g/mol. The molecule has 0 bridgehead atoms. The van der Waals surface area contributed by atoms with Gasteiger partial charge in [0.05, 0.1) is 17.9 Å². The molecule has 3 N–H and O–H groups in total. The van der Waals surface area contributed by atoms with Crippen molar-refractivity contribution in [2.45, 2.75) is 97.9 Å². The van der Waals surface area contributed by atoms with E-state index in [9.17, 15) is 43.5 Å². The molecule has 2 fully saturated rings.